The SMILES string of the molecule is COC(=O)C1CC2c3ccccc3NC2N1C.COC=O. The summed E-state index contributed by atoms with van der Waals surface area (Å²) in [5, 5.41) is 3.47. The number of para-hydroxylation sites is 1. The van der Waals surface area contributed by atoms with Crippen LogP contribution in [0.4, 0.5) is 5.69 Å². The molecule has 3 atom stereocenters. The Kier molecular flexibility index (Phi) is 4.80. The lowest BCUT2D eigenvalue weighted by Gasteiger charge is -2.23. The zero-order valence-electron chi connectivity index (χ0n) is 12.4. The van der Waals surface area contributed by atoms with Gasteiger partial charge in [0.1, 0.15) is 6.04 Å². The third-order valence-corrected chi connectivity index (χ3v) is 4.02. The number of likely N-dealkylation sites (N-methyl/N-ethyl adjacent to an activating group) is 1. The highest BCUT2D eigenvalue weighted by atomic mass is 16.5. The van der Waals surface area contributed by atoms with Gasteiger partial charge in [-0.05, 0) is 25.1 Å². The van der Waals surface area contributed by atoms with Crippen LogP contribution in [0, 0.1) is 0 Å². The fourth-order valence-corrected chi connectivity index (χ4v) is 3.02. The number of carbonyl (C=O) groups is 2. The minimum Gasteiger partial charge on any atom is -0.471 e. The summed E-state index contributed by atoms with van der Waals surface area (Å²) in [5.41, 5.74) is 2.51. The van der Waals surface area contributed by atoms with E-state index < -0.39 is 0 Å². The second-order valence-corrected chi connectivity index (χ2v) is 5.05. The number of rotatable bonds is 2. The predicted molar refractivity (Wildman–Crippen MR) is 77.9 cm³/mol. The lowest BCUT2D eigenvalue weighted by atomic mass is 9.96. The second-order valence-electron chi connectivity index (χ2n) is 5.05. The molecule has 0 aromatic heterocycles. The quantitative estimate of drug-likeness (QED) is 0.652. The molecule has 0 amide bonds. The van der Waals surface area contributed by atoms with Gasteiger partial charge < -0.3 is 14.8 Å². The van der Waals surface area contributed by atoms with E-state index in [9.17, 15) is 4.79 Å². The molecule has 0 saturated carbocycles. The number of nitrogens with one attached hydrogen (secondary N) is 1. The standard InChI is InChI=1S/C13H16N2O2.C2H4O2/c1-15-11(13(16)17-2)7-9-8-5-3-4-6-10(8)14-12(9)15;1-4-2-3/h3-6,9,11-12,14H,7H2,1-2H3;2H,1H3. The van der Waals surface area contributed by atoms with Crippen molar-refractivity contribution in [1.82, 2.24) is 4.90 Å². The fourth-order valence-electron chi connectivity index (χ4n) is 3.02. The molecule has 3 rings (SSSR count). The maximum atomic E-state index is 11.7. The number of hydrogen-bond donors (Lipinski definition) is 1. The number of carbonyl (C=O) groups excluding carboxylic acids is 2. The Bertz CT molecular complexity index is 520. The van der Waals surface area contributed by atoms with E-state index >= 15 is 0 Å². The van der Waals surface area contributed by atoms with Crippen LogP contribution < -0.4 is 5.32 Å². The average molecular weight is 292 g/mol. The van der Waals surface area contributed by atoms with Gasteiger partial charge in [-0.25, -0.2) is 0 Å². The van der Waals surface area contributed by atoms with Gasteiger partial charge in [0.05, 0.1) is 20.4 Å². The van der Waals surface area contributed by atoms with Gasteiger partial charge in [0.25, 0.3) is 6.47 Å². The summed E-state index contributed by atoms with van der Waals surface area (Å²) in [6.45, 7) is 0.375. The smallest absolute Gasteiger partial charge is 0.323 e. The zero-order valence-corrected chi connectivity index (χ0v) is 12.4. The third kappa shape index (κ3) is 2.85. The Hall–Kier alpha value is -2.08. The number of nitrogens with zero attached hydrogens (tertiary/aromatic N) is 1. The summed E-state index contributed by atoms with van der Waals surface area (Å²) in [4.78, 5) is 22.7. The number of hydrogen-bond acceptors (Lipinski definition) is 6. The van der Waals surface area contributed by atoms with Gasteiger partial charge in [0.2, 0.25) is 0 Å². The molecule has 2 aliphatic rings. The minimum absolute atomic E-state index is 0.129. The molecule has 114 valence electrons. The van der Waals surface area contributed by atoms with Crippen molar-refractivity contribution in [2.24, 2.45) is 0 Å². The molecule has 0 aliphatic carbocycles. The Morgan fingerprint density at radius 1 is 1.38 bits per heavy atom. The number of fused-ring (bicyclic) bond motifs is 3. The van der Waals surface area contributed by atoms with E-state index in [0.717, 1.165) is 6.42 Å². The normalized spacial score (nSPS) is 25.8. The van der Waals surface area contributed by atoms with Crippen molar-refractivity contribution in [2.45, 2.75) is 24.5 Å². The van der Waals surface area contributed by atoms with Crippen LogP contribution in [0.1, 0.15) is 17.9 Å². The van der Waals surface area contributed by atoms with E-state index in [1.54, 1.807) is 0 Å². The van der Waals surface area contributed by atoms with Crippen molar-refractivity contribution in [3.05, 3.63) is 29.8 Å². The molecule has 6 heteroatoms. The summed E-state index contributed by atoms with van der Waals surface area (Å²) >= 11 is 0. The zero-order chi connectivity index (χ0) is 15.4. The highest BCUT2D eigenvalue weighted by molar-refractivity contribution is 5.77. The van der Waals surface area contributed by atoms with Crippen molar-refractivity contribution in [3.8, 4) is 0 Å². The van der Waals surface area contributed by atoms with Gasteiger partial charge in [-0.3, -0.25) is 14.5 Å². The van der Waals surface area contributed by atoms with E-state index in [4.69, 9.17) is 9.53 Å². The number of methoxy groups -OCH3 is 2. The van der Waals surface area contributed by atoms with Gasteiger partial charge in [-0.2, -0.15) is 0 Å². The van der Waals surface area contributed by atoms with E-state index in [1.165, 1.54) is 25.5 Å². The molecule has 2 aliphatic heterocycles. The topological polar surface area (TPSA) is 67.9 Å². The fraction of sp³-hybridized carbons (Fsp3) is 0.467. The molecular weight excluding hydrogens is 272 g/mol. The Labute approximate surface area is 124 Å². The van der Waals surface area contributed by atoms with Crippen LogP contribution in [-0.4, -0.2) is 50.8 Å². The first-order valence-electron chi connectivity index (χ1n) is 6.75. The summed E-state index contributed by atoms with van der Waals surface area (Å²) in [6, 6.07) is 8.18. The first-order valence-corrected chi connectivity index (χ1v) is 6.75. The number of likely N-dealkylation sites (tertiary alicyclic amines) is 1. The van der Waals surface area contributed by atoms with Gasteiger partial charge in [0.15, 0.2) is 0 Å². The molecule has 1 saturated heterocycles. The lowest BCUT2D eigenvalue weighted by Crippen LogP contribution is -2.41. The number of benzene rings is 1. The first kappa shape index (κ1) is 15.3. The van der Waals surface area contributed by atoms with Crippen molar-refractivity contribution in [1.29, 1.82) is 0 Å². The largest absolute Gasteiger partial charge is 0.471 e. The van der Waals surface area contributed by atoms with E-state index in [2.05, 4.69) is 27.1 Å². The number of anilines is 1. The summed E-state index contributed by atoms with van der Waals surface area (Å²) in [7, 11) is 4.74. The third-order valence-electron chi connectivity index (χ3n) is 4.02. The van der Waals surface area contributed by atoms with Crippen LogP contribution in [0.25, 0.3) is 0 Å². The molecule has 6 nitrogen and oxygen atoms in total. The molecule has 1 fully saturated rings. The lowest BCUT2D eigenvalue weighted by molar-refractivity contribution is -0.145. The van der Waals surface area contributed by atoms with Gasteiger partial charge in [0, 0.05) is 11.6 Å². The van der Waals surface area contributed by atoms with Crippen LogP contribution >= 0.6 is 0 Å². The molecule has 1 aromatic carbocycles. The Balaban J connectivity index is 0.000000361. The molecule has 0 spiro atoms. The molecule has 1 aromatic rings. The molecule has 3 unspecified atom stereocenters. The number of ether oxygens (including phenoxy) is 2. The van der Waals surface area contributed by atoms with Crippen LogP contribution in [0.3, 0.4) is 0 Å². The van der Waals surface area contributed by atoms with Crippen molar-refractivity contribution in [3.63, 3.8) is 0 Å². The van der Waals surface area contributed by atoms with Crippen LogP contribution in [-0.2, 0) is 19.1 Å². The van der Waals surface area contributed by atoms with Crippen molar-refractivity contribution >= 4 is 18.1 Å². The van der Waals surface area contributed by atoms with E-state index in [-0.39, 0.29) is 18.2 Å². The molecule has 2 heterocycles. The van der Waals surface area contributed by atoms with E-state index in [1.807, 2.05) is 19.2 Å². The minimum atomic E-state index is -0.138. The summed E-state index contributed by atoms with van der Waals surface area (Å²) < 4.78 is 8.71. The summed E-state index contributed by atoms with van der Waals surface area (Å²) in [5.74, 6) is 0.251. The van der Waals surface area contributed by atoms with Crippen LogP contribution in [0.15, 0.2) is 24.3 Å². The van der Waals surface area contributed by atoms with Crippen LogP contribution in [0.5, 0.6) is 0 Å². The summed E-state index contributed by atoms with van der Waals surface area (Å²) in [6.07, 6.45) is 1.05. The Morgan fingerprint density at radius 3 is 2.67 bits per heavy atom. The van der Waals surface area contributed by atoms with Crippen molar-refractivity contribution < 1.29 is 19.1 Å². The molecule has 21 heavy (non-hydrogen) atoms. The van der Waals surface area contributed by atoms with Crippen molar-refractivity contribution in [2.75, 3.05) is 26.6 Å². The molecule has 1 N–H and O–H groups in total. The molecular formula is C15H20N2O4. The molecule has 0 radical (unpaired) electrons. The average Bonchev–Trinajstić information content (AvgIpc) is 3.04. The Morgan fingerprint density at radius 2 is 2.05 bits per heavy atom. The van der Waals surface area contributed by atoms with Gasteiger partial charge in [-0.1, -0.05) is 18.2 Å². The molecule has 0 bridgehead atoms. The predicted octanol–water partition coefficient (Wildman–Crippen LogP) is 1.19. The maximum Gasteiger partial charge on any atom is 0.323 e. The second kappa shape index (κ2) is 6.58. The first-order chi connectivity index (χ1) is 10.1. The van der Waals surface area contributed by atoms with Crippen LogP contribution in [0.2, 0.25) is 0 Å². The highest BCUT2D eigenvalue weighted by Gasteiger charge is 2.47. The monoisotopic (exact) mass is 292 g/mol. The highest BCUT2D eigenvalue weighted by Crippen LogP contribution is 2.45. The van der Waals surface area contributed by atoms with Gasteiger partial charge >= 0.3 is 5.97 Å². The van der Waals surface area contributed by atoms with Gasteiger partial charge in [-0.15, -0.1) is 0 Å². The number of esters is 1. The van der Waals surface area contributed by atoms with E-state index in [0.29, 0.717) is 12.4 Å². The maximum absolute atomic E-state index is 11.7.